The quantitative estimate of drug-likeness (QED) is 0.759. The van der Waals surface area contributed by atoms with Crippen molar-refractivity contribution in [3.05, 3.63) is 0 Å². The average Bonchev–Trinajstić information content (AvgIpc) is 2.84. The van der Waals surface area contributed by atoms with Gasteiger partial charge >= 0.3 is 6.18 Å². The topological polar surface area (TPSA) is 52.7 Å². The van der Waals surface area contributed by atoms with Crippen molar-refractivity contribution in [1.82, 2.24) is 15.1 Å². The van der Waals surface area contributed by atoms with Gasteiger partial charge in [-0.2, -0.15) is 13.2 Å². The minimum absolute atomic E-state index is 0.0713. The van der Waals surface area contributed by atoms with E-state index in [0.29, 0.717) is 6.42 Å². The summed E-state index contributed by atoms with van der Waals surface area (Å²) < 4.78 is 52.4. The zero-order valence-corrected chi connectivity index (χ0v) is 15.5. The number of alkyl halides is 4. The number of nitrogens with one attached hydrogen (secondary N) is 1. The third-order valence-electron chi connectivity index (χ3n) is 5.02. The maximum Gasteiger partial charge on any atom is 0.406 e. The number of carbonyl (C=O) groups is 2. The summed E-state index contributed by atoms with van der Waals surface area (Å²) in [5.74, 6) is -0.763. The van der Waals surface area contributed by atoms with Crippen molar-refractivity contribution in [2.75, 3.05) is 32.7 Å². The SMILES string of the molecule is CC(C)(C)C(=O)NCC1(F)CCN(C2CCN(CC(F)(F)F)C2=O)CC1. The van der Waals surface area contributed by atoms with Crippen LogP contribution < -0.4 is 5.32 Å². The van der Waals surface area contributed by atoms with Crippen LogP contribution in [0.5, 0.6) is 0 Å². The largest absolute Gasteiger partial charge is 0.406 e. The van der Waals surface area contributed by atoms with Crippen LogP contribution in [-0.4, -0.2) is 72.2 Å². The second-order valence-corrected chi connectivity index (χ2v) is 8.30. The Morgan fingerprint density at radius 1 is 1.19 bits per heavy atom. The van der Waals surface area contributed by atoms with E-state index in [-0.39, 0.29) is 44.9 Å². The average molecular weight is 381 g/mol. The molecular weight excluding hydrogens is 354 g/mol. The highest BCUT2D eigenvalue weighted by atomic mass is 19.4. The second-order valence-electron chi connectivity index (χ2n) is 8.30. The Bertz CT molecular complexity index is 537. The van der Waals surface area contributed by atoms with E-state index < -0.39 is 35.8 Å². The van der Waals surface area contributed by atoms with Crippen molar-refractivity contribution in [2.45, 2.75) is 57.9 Å². The number of likely N-dealkylation sites (tertiary alicyclic amines) is 2. The van der Waals surface area contributed by atoms with Gasteiger partial charge < -0.3 is 10.2 Å². The lowest BCUT2D eigenvalue weighted by atomic mass is 9.90. The lowest BCUT2D eigenvalue weighted by Gasteiger charge is -2.39. The predicted molar refractivity (Wildman–Crippen MR) is 88.2 cm³/mol. The fourth-order valence-electron chi connectivity index (χ4n) is 3.35. The lowest BCUT2D eigenvalue weighted by molar-refractivity contribution is -0.159. The standard InChI is InChI=1S/C17H27F4N3O2/c1-15(2,3)14(26)22-10-16(18)5-8-23(9-6-16)12-4-7-24(13(12)25)11-17(19,20)21/h12H,4-11H2,1-3H3,(H,22,26). The van der Waals surface area contributed by atoms with Crippen LogP contribution in [0, 0.1) is 5.41 Å². The van der Waals surface area contributed by atoms with Crippen molar-refractivity contribution in [3.63, 3.8) is 0 Å². The maximum atomic E-state index is 14.9. The fraction of sp³-hybridized carbons (Fsp3) is 0.882. The normalized spacial score (nSPS) is 24.8. The molecule has 0 bridgehead atoms. The Kier molecular flexibility index (Phi) is 5.90. The fourth-order valence-corrected chi connectivity index (χ4v) is 3.35. The molecule has 9 heteroatoms. The molecule has 0 radical (unpaired) electrons. The highest BCUT2D eigenvalue weighted by Crippen LogP contribution is 2.30. The number of carbonyl (C=O) groups excluding carboxylic acids is 2. The van der Waals surface area contributed by atoms with Gasteiger partial charge in [0.25, 0.3) is 0 Å². The smallest absolute Gasteiger partial charge is 0.352 e. The van der Waals surface area contributed by atoms with Crippen LogP contribution in [0.1, 0.15) is 40.0 Å². The van der Waals surface area contributed by atoms with Crippen molar-refractivity contribution in [2.24, 2.45) is 5.41 Å². The van der Waals surface area contributed by atoms with Gasteiger partial charge in [0.1, 0.15) is 12.2 Å². The Labute approximate surface area is 151 Å². The Morgan fingerprint density at radius 2 is 1.77 bits per heavy atom. The van der Waals surface area contributed by atoms with Gasteiger partial charge in [-0.05, 0) is 19.3 Å². The van der Waals surface area contributed by atoms with E-state index in [1.807, 2.05) is 0 Å². The molecule has 150 valence electrons. The first-order chi connectivity index (χ1) is 11.8. The minimum Gasteiger partial charge on any atom is -0.352 e. The van der Waals surface area contributed by atoms with E-state index >= 15 is 0 Å². The first-order valence-corrected chi connectivity index (χ1v) is 8.88. The molecule has 2 amide bonds. The number of piperidine rings is 1. The zero-order valence-electron chi connectivity index (χ0n) is 15.5. The summed E-state index contributed by atoms with van der Waals surface area (Å²) >= 11 is 0. The molecule has 2 fully saturated rings. The molecular formula is C17H27F4N3O2. The molecule has 5 nitrogen and oxygen atoms in total. The van der Waals surface area contributed by atoms with Gasteiger partial charge in [-0.1, -0.05) is 20.8 Å². The third-order valence-corrected chi connectivity index (χ3v) is 5.02. The monoisotopic (exact) mass is 381 g/mol. The molecule has 2 aliphatic heterocycles. The van der Waals surface area contributed by atoms with Crippen LogP contribution in [0.3, 0.4) is 0 Å². The number of hydrogen-bond acceptors (Lipinski definition) is 3. The molecule has 1 unspecified atom stereocenters. The van der Waals surface area contributed by atoms with Crippen LogP contribution in [0.25, 0.3) is 0 Å². The number of rotatable bonds is 4. The highest BCUT2D eigenvalue weighted by molar-refractivity contribution is 5.84. The maximum absolute atomic E-state index is 14.9. The van der Waals surface area contributed by atoms with Gasteiger partial charge in [-0.25, -0.2) is 4.39 Å². The van der Waals surface area contributed by atoms with E-state index in [1.165, 1.54) is 0 Å². The summed E-state index contributed by atoms with van der Waals surface area (Å²) in [5, 5.41) is 2.63. The van der Waals surface area contributed by atoms with E-state index in [0.717, 1.165) is 4.90 Å². The molecule has 0 aromatic carbocycles. The highest BCUT2D eigenvalue weighted by Gasteiger charge is 2.44. The summed E-state index contributed by atoms with van der Waals surface area (Å²) in [6, 6.07) is -0.605. The van der Waals surface area contributed by atoms with Crippen LogP contribution in [0.2, 0.25) is 0 Å². The molecule has 0 aromatic rings. The van der Waals surface area contributed by atoms with Crippen LogP contribution >= 0.6 is 0 Å². The van der Waals surface area contributed by atoms with Crippen LogP contribution in [0.15, 0.2) is 0 Å². The van der Waals surface area contributed by atoms with E-state index in [4.69, 9.17) is 0 Å². The molecule has 2 saturated heterocycles. The lowest BCUT2D eigenvalue weighted by Crippen LogP contribution is -2.53. The molecule has 26 heavy (non-hydrogen) atoms. The molecule has 1 N–H and O–H groups in total. The Balaban J connectivity index is 1.84. The summed E-state index contributed by atoms with van der Waals surface area (Å²) in [4.78, 5) is 26.7. The Hall–Kier alpha value is -1.38. The number of halogens is 4. The first kappa shape index (κ1) is 20.9. The molecule has 2 heterocycles. The van der Waals surface area contributed by atoms with Crippen molar-refractivity contribution < 1.29 is 27.2 Å². The van der Waals surface area contributed by atoms with Gasteiger partial charge in [-0.15, -0.1) is 0 Å². The second kappa shape index (κ2) is 7.32. The summed E-state index contributed by atoms with van der Waals surface area (Å²) in [7, 11) is 0. The molecule has 2 rings (SSSR count). The van der Waals surface area contributed by atoms with Gasteiger partial charge in [0, 0.05) is 25.0 Å². The number of amides is 2. The third kappa shape index (κ3) is 5.31. The molecule has 0 spiro atoms. The van der Waals surface area contributed by atoms with Gasteiger partial charge in [0.15, 0.2) is 0 Å². The summed E-state index contributed by atoms with van der Waals surface area (Å²) in [5.41, 5.74) is -2.15. The Morgan fingerprint density at radius 3 is 2.27 bits per heavy atom. The molecule has 0 aromatic heterocycles. The van der Waals surface area contributed by atoms with Gasteiger partial charge in [0.05, 0.1) is 12.6 Å². The molecule has 1 atom stereocenters. The molecule has 0 saturated carbocycles. The first-order valence-electron chi connectivity index (χ1n) is 8.88. The van der Waals surface area contributed by atoms with Crippen molar-refractivity contribution >= 4 is 11.8 Å². The van der Waals surface area contributed by atoms with E-state index in [1.54, 1.807) is 25.7 Å². The predicted octanol–water partition coefficient (Wildman–Crippen LogP) is 2.12. The molecule has 2 aliphatic rings. The van der Waals surface area contributed by atoms with Crippen LogP contribution in [0.4, 0.5) is 17.6 Å². The van der Waals surface area contributed by atoms with Crippen molar-refractivity contribution in [3.8, 4) is 0 Å². The van der Waals surface area contributed by atoms with E-state index in [9.17, 15) is 27.2 Å². The summed E-state index contributed by atoms with van der Waals surface area (Å²) in [6.07, 6.45) is -3.80. The van der Waals surface area contributed by atoms with Gasteiger partial charge in [0.2, 0.25) is 11.8 Å². The van der Waals surface area contributed by atoms with Gasteiger partial charge in [-0.3, -0.25) is 14.5 Å². The summed E-state index contributed by atoms with van der Waals surface area (Å²) in [6.45, 7) is 4.56. The van der Waals surface area contributed by atoms with Crippen LogP contribution in [-0.2, 0) is 9.59 Å². The zero-order chi connectivity index (χ0) is 19.8. The van der Waals surface area contributed by atoms with E-state index in [2.05, 4.69) is 5.32 Å². The minimum atomic E-state index is -4.41. The number of hydrogen-bond donors (Lipinski definition) is 1. The molecule has 0 aliphatic carbocycles. The number of nitrogens with zero attached hydrogens (tertiary/aromatic N) is 2. The van der Waals surface area contributed by atoms with Crippen molar-refractivity contribution in [1.29, 1.82) is 0 Å².